The van der Waals surface area contributed by atoms with Gasteiger partial charge in [-0.15, -0.1) is 0 Å². The van der Waals surface area contributed by atoms with Crippen LogP contribution in [0.25, 0.3) is 11.0 Å². The molecule has 7 nitrogen and oxygen atoms in total. The summed E-state index contributed by atoms with van der Waals surface area (Å²) >= 11 is 12.4. The molecular weight excluding hydrogens is 425 g/mol. The van der Waals surface area contributed by atoms with Gasteiger partial charge in [-0.1, -0.05) is 41.9 Å². The van der Waals surface area contributed by atoms with Gasteiger partial charge < -0.3 is 19.9 Å². The highest BCUT2D eigenvalue weighted by Crippen LogP contribution is 2.54. The topological polar surface area (TPSA) is 83.1 Å². The number of amides is 1. The molecule has 1 aromatic carbocycles. The maximum absolute atomic E-state index is 12.7. The maximum atomic E-state index is 12.7. The minimum absolute atomic E-state index is 0.0376. The van der Waals surface area contributed by atoms with Gasteiger partial charge >= 0.3 is 6.09 Å². The second-order valence-corrected chi connectivity index (χ2v) is 8.74. The SMILES string of the molecule is O=C(OCc1ccccc1)N1CCC2(CC2)C(Nc2nc(Cl)nc3[nH]cc(Cl)c23)C1. The molecule has 2 aromatic heterocycles. The predicted octanol–water partition coefficient (Wildman–Crippen LogP) is 4.87. The number of fused-ring (bicyclic) bond motifs is 1. The zero-order chi connectivity index (χ0) is 20.7. The van der Waals surface area contributed by atoms with Gasteiger partial charge in [0, 0.05) is 19.3 Å². The first-order valence-electron chi connectivity index (χ1n) is 9.96. The van der Waals surface area contributed by atoms with Crippen molar-refractivity contribution in [2.75, 3.05) is 18.4 Å². The zero-order valence-corrected chi connectivity index (χ0v) is 17.7. The minimum atomic E-state index is -0.299. The molecule has 0 radical (unpaired) electrons. The van der Waals surface area contributed by atoms with E-state index in [-0.39, 0.29) is 29.4 Å². The third-order valence-electron chi connectivity index (χ3n) is 6.14. The van der Waals surface area contributed by atoms with Gasteiger partial charge in [0.05, 0.1) is 16.5 Å². The van der Waals surface area contributed by atoms with Crippen LogP contribution in [0, 0.1) is 5.41 Å². The smallest absolute Gasteiger partial charge is 0.410 e. The minimum Gasteiger partial charge on any atom is -0.445 e. The average Bonchev–Trinajstić information content (AvgIpc) is 3.43. The van der Waals surface area contributed by atoms with Crippen molar-refractivity contribution in [1.29, 1.82) is 0 Å². The van der Waals surface area contributed by atoms with E-state index in [1.54, 1.807) is 11.1 Å². The van der Waals surface area contributed by atoms with E-state index >= 15 is 0 Å². The molecule has 156 valence electrons. The van der Waals surface area contributed by atoms with E-state index in [0.29, 0.717) is 35.0 Å². The van der Waals surface area contributed by atoms with Gasteiger partial charge in [0.1, 0.15) is 18.1 Å². The zero-order valence-electron chi connectivity index (χ0n) is 16.2. The summed E-state index contributed by atoms with van der Waals surface area (Å²) < 4.78 is 5.54. The largest absolute Gasteiger partial charge is 0.445 e. The molecular formula is C21H21Cl2N5O2. The lowest BCUT2D eigenvalue weighted by atomic mass is 9.88. The summed E-state index contributed by atoms with van der Waals surface area (Å²) in [5.74, 6) is 0.590. The van der Waals surface area contributed by atoms with Crippen molar-refractivity contribution < 1.29 is 9.53 Å². The summed E-state index contributed by atoms with van der Waals surface area (Å²) in [6.07, 6.45) is 4.55. The number of aromatic amines is 1. The Hall–Kier alpha value is -2.51. The molecule has 3 heterocycles. The van der Waals surface area contributed by atoms with Crippen LogP contribution < -0.4 is 5.32 Å². The van der Waals surface area contributed by atoms with Crippen LogP contribution in [0.4, 0.5) is 10.6 Å². The molecule has 1 aliphatic carbocycles. The van der Waals surface area contributed by atoms with E-state index in [0.717, 1.165) is 24.8 Å². The predicted molar refractivity (Wildman–Crippen MR) is 116 cm³/mol. The quantitative estimate of drug-likeness (QED) is 0.559. The van der Waals surface area contributed by atoms with Crippen molar-refractivity contribution in [3.63, 3.8) is 0 Å². The van der Waals surface area contributed by atoms with Crippen LogP contribution in [-0.4, -0.2) is 45.1 Å². The number of rotatable bonds is 4. The Kier molecular flexibility index (Phi) is 4.95. The number of hydrogen-bond donors (Lipinski definition) is 2. The second kappa shape index (κ2) is 7.63. The van der Waals surface area contributed by atoms with E-state index in [2.05, 4.69) is 20.3 Å². The van der Waals surface area contributed by atoms with E-state index in [4.69, 9.17) is 27.9 Å². The van der Waals surface area contributed by atoms with Crippen LogP contribution in [0.1, 0.15) is 24.8 Å². The Balaban J connectivity index is 1.32. The van der Waals surface area contributed by atoms with Crippen molar-refractivity contribution in [3.05, 3.63) is 52.4 Å². The summed E-state index contributed by atoms with van der Waals surface area (Å²) in [4.78, 5) is 26.0. The summed E-state index contributed by atoms with van der Waals surface area (Å²) in [6, 6.07) is 9.72. The molecule has 1 spiro atoms. The monoisotopic (exact) mass is 445 g/mol. The lowest BCUT2D eigenvalue weighted by Gasteiger charge is -2.39. The third kappa shape index (κ3) is 3.68. The molecule has 2 N–H and O–H groups in total. The van der Waals surface area contributed by atoms with E-state index in [1.165, 1.54) is 0 Å². The van der Waals surface area contributed by atoms with Crippen molar-refractivity contribution in [2.24, 2.45) is 5.41 Å². The first-order valence-corrected chi connectivity index (χ1v) is 10.7. The summed E-state index contributed by atoms with van der Waals surface area (Å²) in [5.41, 5.74) is 1.72. The molecule has 1 saturated carbocycles. The Labute approximate surface area is 183 Å². The molecule has 2 fully saturated rings. The first-order chi connectivity index (χ1) is 14.5. The van der Waals surface area contributed by atoms with E-state index < -0.39 is 0 Å². The normalized spacial score (nSPS) is 19.8. The molecule has 30 heavy (non-hydrogen) atoms. The number of aromatic nitrogens is 3. The van der Waals surface area contributed by atoms with E-state index in [1.807, 2.05) is 30.3 Å². The lowest BCUT2D eigenvalue weighted by Crippen LogP contribution is -2.51. The van der Waals surface area contributed by atoms with Crippen molar-refractivity contribution in [1.82, 2.24) is 19.9 Å². The molecule has 1 aliphatic heterocycles. The number of anilines is 1. The molecule has 1 saturated heterocycles. The van der Waals surface area contributed by atoms with Crippen molar-refractivity contribution in [3.8, 4) is 0 Å². The first kappa shape index (κ1) is 19.5. The van der Waals surface area contributed by atoms with Gasteiger partial charge in [0.15, 0.2) is 0 Å². The number of likely N-dealkylation sites (tertiary alicyclic amines) is 1. The fraction of sp³-hybridized carbons (Fsp3) is 0.381. The summed E-state index contributed by atoms with van der Waals surface area (Å²) in [6.45, 7) is 1.50. The highest BCUT2D eigenvalue weighted by Gasteiger charge is 2.53. The van der Waals surface area contributed by atoms with Crippen LogP contribution in [0.3, 0.4) is 0 Å². The van der Waals surface area contributed by atoms with Crippen molar-refractivity contribution in [2.45, 2.75) is 31.9 Å². The number of H-pyrrole nitrogens is 1. The molecule has 0 bridgehead atoms. The number of carbonyl (C=O) groups excluding carboxylic acids is 1. The van der Waals surface area contributed by atoms with E-state index in [9.17, 15) is 4.79 Å². The number of hydrogen-bond acceptors (Lipinski definition) is 5. The average molecular weight is 446 g/mol. The summed E-state index contributed by atoms with van der Waals surface area (Å²) in [7, 11) is 0. The number of nitrogens with zero attached hydrogens (tertiary/aromatic N) is 3. The van der Waals surface area contributed by atoms with Gasteiger partial charge in [-0.3, -0.25) is 0 Å². The van der Waals surface area contributed by atoms with Crippen LogP contribution >= 0.6 is 23.2 Å². The van der Waals surface area contributed by atoms with Gasteiger partial charge in [0.25, 0.3) is 0 Å². The maximum Gasteiger partial charge on any atom is 0.410 e. The fourth-order valence-corrected chi connectivity index (χ4v) is 4.61. The fourth-order valence-electron chi connectivity index (χ4n) is 4.21. The molecule has 3 aromatic rings. The number of ether oxygens (including phenoxy) is 1. The number of halogens is 2. The number of benzene rings is 1. The Bertz CT molecular complexity index is 1080. The number of carbonyl (C=O) groups is 1. The van der Waals surface area contributed by atoms with Gasteiger partial charge in [0.2, 0.25) is 5.28 Å². The Morgan fingerprint density at radius 1 is 1.23 bits per heavy atom. The molecule has 9 heteroatoms. The number of nitrogens with one attached hydrogen (secondary N) is 2. The molecule has 1 amide bonds. The van der Waals surface area contributed by atoms with Crippen LogP contribution in [0.2, 0.25) is 10.3 Å². The number of piperidine rings is 1. The van der Waals surface area contributed by atoms with Crippen LogP contribution in [0.15, 0.2) is 36.5 Å². The lowest BCUT2D eigenvalue weighted by molar-refractivity contribution is 0.0760. The molecule has 1 unspecified atom stereocenters. The third-order valence-corrected chi connectivity index (χ3v) is 6.61. The van der Waals surface area contributed by atoms with Gasteiger partial charge in [-0.05, 0) is 41.8 Å². The van der Waals surface area contributed by atoms with Crippen LogP contribution in [-0.2, 0) is 11.3 Å². The molecule has 1 atom stereocenters. The second-order valence-electron chi connectivity index (χ2n) is 8.00. The van der Waals surface area contributed by atoms with Crippen LogP contribution in [0.5, 0.6) is 0 Å². The molecule has 2 aliphatic rings. The van der Waals surface area contributed by atoms with Crippen molar-refractivity contribution >= 4 is 46.1 Å². The summed E-state index contributed by atoms with van der Waals surface area (Å²) in [5, 5.41) is 4.90. The molecule has 5 rings (SSSR count). The van der Waals surface area contributed by atoms with Gasteiger partial charge in [-0.2, -0.15) is 9.97 Å². The standard InChI is InChI=1S/C21H21Cl2N5O2/c22-14-10-24-17-16(14)18(27-19(23)26-17)25-15-11-28(9-8-21(15)6-7-21)20(29)30-12-13-4-2-1-3-5-13/h1-5,10,15H,6-9,11-12H2,(H2,24,25,26,27). The highest BCUT2D eigenvalue weighted by atomic mass is 35.5. The highest BCUT2D eigenvalue weighted by molar-refractivity contribution is 6.36. The van der Waals surface area contributed by atoms with Gasteiger partial charge in [-0.25, -0.2) is 4.79 Å². The Morgan fingerprint density at radius 2 is 2.03 bits per heavy atom. The Morgan fingerprint density at radius 3 is 2.80 bits per heavy atom.